The van der Waals surface area contributed by atoms with Crippen LogP contribution in [-0.2, 0) is 53.9 Å². The van der Waals surface area contributed by atoms with Gasteiger partial charge >= 0.3 is 17.9 Å². The van der Waals surface area contributed by atoms with E-state index in [1.54, 1.807) is 88.3 Å². The minimum Gasteiger partial charge on any atom is -0.507 e. The zero-order chi connectivity index (χ0) is 64.5. The van der Waals surface area contributed by atoms with E-state index in [0.29, 0.717) is 51.9 Å². The quantitative estimate of drug-likeness (QED) is 0.0452. The molecule has 22 heteroatoms. The highest BCUT2D eigenvalue weighted by Crippen LogP contribution is 2.41. The zero-order valence-electron chi connectivity index (χ0n) is 52.1. The number of ether oxygens (including phenoxy) is 8. The first-order chi connectivity index (χ1) is 41.6. The fraction of sp³-hybridized carbons (Fsp3) is 0.576. The molecule has 0 amide bonds. The molecule has 0 bridgehead atoms. The van der Waals surface area contributed by atoms with Crippen LogP contribution in [0.2, 0.25) is 0 Å². The van der Waals surface area contributed by atoms with Gasteiger partial charge in [-0.3, -0.25) is 4.79 Å². The summed E-state index contributed by atoms with van der Waals surface area (Å²) in [5, 5.41) is 87.9. The molecular formula is C66H90N2O20. The van der Waals surface area contributed by atoms with Gasteiger partial charge in [0, 0.05) is 50.0 Å². The van der Waals surface area contributed by atoms with Crippen LogP contribution in [0.25, 0.3) is 21.5 Å². The van der Waals surface area contributed by atoms with Gasteiger partial charge in [0.25, 0.3) is 0 Å². The maximum absolute atomic E-state index is 13.1. The second-order valence-electron chi connectivity index (χ2n) is 24.5. The largest absolute Gasteiger partial charge is 0.507 e. The fourth-order valence-electron chi connectivity index (χ4n) is 12.8. The molecule has 3 saturated heterocycles. The van der Waals surface area contributed by atoms with Crippen LogP contribution in [0.5, 0.6) is 11.5 Å². The Bertz CT molecular complexity index is 2980. The highest BCUT2D eigenvalue weighted by molar-refractivity contribution is 6.02. The Morgan fingerprint density at radius 2 is 1.33 bits per heavy atom. The number of hydrogen-bond donors (Lipinski definition) is 8. The SMILES string of the molecule is CO[C@@H]1[C@@H](O[C@@H]2O[C@H](C)[C@@H](O[C@H]3C[C@@](C)(O)[C@@H](O)[C@H](C)O3)[C@H](N(C)C)[C@H]2O)[C@@H](CC=O)C[C@@H](C)[C@@H](O[C@H]2CC[C@H](N(C)C)[C@H](C)O2)/C=C/C=C/C[C@@H](C)OC(=O)C[C@H]1O.O=C(O)c1cc2ccccc2c(Cc2c(O)c(C(=O)O)cc3ccccc23)c1O. The average molecular weight is 1230 g/mol. The number of aliphatic hydroxyl groups is 4. The number of benzene rings is 4. The number of carbonyl (C=O) groups excluding carboxylic acids is 2. The van der Waals surface area contributed by atoms with Gasteiger partial charge in [0.1, 0.15) is 59.4 Å². The first kappa shape index (κ1) is 69.5. The van der Waals surface area contributed by atoms with Crippen molar-refractivity contribution in [3.8, 4) is 11.5 Å². The molecule has 4 aliphatic rings. The third-order valence-electron chi connectivity index (χ3n) is 17.4. The maximum atomic E-state index is 13.1. The third-order valence-corrected chi connectivity index (χ3v) is 17.4. The molecule has 0 aliphatic carbocycles. The monoisotopic (exact) mass is 1230 g/mol. The number of aromatic carboxylic acids is 2. The van der Waals surface area contributed by atoms with Gasteiger partial charge in [-0.2, -0.15) is 0 Å². The Balaban J connectivity index is 0.000000315. The Morgan fingerprint density at radius 1 is 0.739 bits per heavy atom. The summed E-state index contributed by atoms with van der Waals surface area (Å²) < 4.78 is 50.0. The molecule has 0 aromatic heterocycles. The van der Waals surface area contributed by atoms with E-state index >= 15 is 0 Å². The number of likely N-dealkylation sites (N-methyl/N-ethyl adjacent to an activating group) is 2. The van der Waals surface area contributed by atoms with Crippen molar-refractivity contribution in [1.82, 2.24) is 9.80 Å². The molecule has 4 aromatic carbocycles. The van der Waals surface area contributed by atoms with Crippen molar-refractivity contribution < 1.29 is 97.9 Å². The van der Waals surface area contributed by atoms with Gasteiger partial charge in [-0.1, -0.05) is 79.8 Å². The minimum atomic E-state index is -1.47. The number of fused-ring (bicyclic) bond motifs is 2. The van der Waals surface area contributed by atoms with Crippen molar-refractivity contribution in [3.05, 3.63) is 107 Å². The standard InChI is InChI=1S/C43H74N2O14.C23H16O6/c1-24-21-29(19-20-46)39(59-42-37(49)36(45(9)10)38(27(4)56-42)58-35-23-43(6,51)41(50)28(5)55-35)40(52-11)31(47)22-33(48)53-25(2)15-13-12-14-16-32(24)57-34-18-17-30(44(7)8)26(3)54-34;24-20-16(14-7-3-1-5-12(14)9-18(20)22(26)27)11-17-15-8-4-2-6-13(15)10-19(21(17)25)23(28)29/h12-14,16,20,24-32,34-42,47,49-51H,15,17-19,21-23H2,1-11H3;1-10,24-25H,11H2,(H,26,27)(H,28,29)/b13-12+,16-14+;/t24-,25-,26+,27-,28+,29+,30+,31-,32+,34+,35+,36-,37-,38-,39+,40+,41+,42+,43-;/m1./s1. The van der Waals surface area contributed by atoms with Crippen LogP contribution in [0.4, 0.5) is 0 Å². The fourth-order valence-corrected chi connectivity index (χ4v) is 12.8. The van der Waals surface area contributed by atoms with Crippen molar-refractivity contribution in [1.29, 1.82) is 0 Å². The zero-order valence-corrected chi connectivity index (χ0v) is 52.1. The minimum absolute atomic E-state index is 0.00885. The van der Waals surface area contributed by atoms with Crippen molar-refractivity contribution in [3.63, 3.8) is 0 Å². The molecule has 0 unspecified atom stereocenters. The van der Waals surface area contributed by atoms with E-state index in [2.05, 4.69) is 4.90 Å². The topological polar surface area (TPSA) is 310 Å². The van der Waals surface area contributed by atoms with Gasteiger partial charge in [0.05, 0.1) is 54.7 Å². The van der Waals surface area contributed by atoms with Gasteiger partial charge in [-0.05, 0) is 128 Å². The van der Waals surface area contributed by atoms with Crippen LogP contribution in [-0.4, -0.2) is 214 Å². The number of hydrogen-bond acceptors (Lipinski definition) is 20. The lowest BCUT2D eigenvalue weighted by Gasteiger charge is -2.50. The van der Waals surface area contributed by atoms with Gasteiger partial charge in [-0.15, -0.1) is 0 Å². The van der Waals surface area contributed by atoms with Crippen LogP contribution in [0.15, 0.2) is 85.0 Å². The van der Waals surface area contributed by atoms with Crippen molar-refractivity contribution in [2.45, 2.75) is 197 Å². The second-order valence-corrected chi connectivity index (χ2v) is 24.5. The summed E-state index contributed by atoms with van der Waals surface area (Å²) in [6, 6.07) is 16.3. The number of methoxy groups -OCH3 is 1. The molecule has 0 saturated carbocycles. The number of nitrogens with zero attached hydrogens (tertiary/aromatic N) is 2. The van der Waals surface area contributed by atoms with E-state index in [1.807, 2.05) is 52.2 Å². The van der Waals surface area contributed by atoms with Crippen LogP contribution < -0.4 is 0 Å². The Labute approximate surface area is 514 Å². The molecule has 3 fully saturated rings. The number of aliphatic hydroxyl groups excluding tert-OH is 3. The molecule has 8 N–H and O–H groups in total. The van der Waals surface area contributed by atoms with Gasteiger partial charge < -0.3 is 93.3 Å². The summed E-state index contributed by atoms with van der Waals surface area (Å²) in [5.74, 6) is -4.82. The normalized spacial score (nSPS) is 34.4. The smallest absolute Gasteiger partial charge is 0.339 e. The number of esters is 1. The van der Waals surface area contributed by atoms with Gasteiger partial charge in [0.2, 0.25) is 0 Å². The molecule has 8 rings (SSSR count). The van der Waals surface area contributed by atoms with E-state index in [-0.39, 0.29) is 48.5 Å². The maximum Gasteiger partial charge on any atom is 0.339 e. The molecule has 4 aliphatic heterocycles. The summed E-state index contributed by atoms with van der Waals surface area (Å²) in [4.78, 5) is 52.7. The first-order valence-electron chi connectivity index (χ1n) is 30.1. The second kappa shape index (κ2) is 30.7. The molecule has 4 aromatic rings. The lowest BCUT2D eigenvalue weighted by atomic mass is 9.82. The Morgan fingerprint density at radius 3 is 1.86 bits per heavy atom. The molecule has 88 heavy (non-hydrogen) atoms. The molecule has 0 spiro atoms. The van der Waals surface area contributed by atoms with Gasteiger partial charge in [0.15, 0.2) is 18.9 Å². The number of carboxylic acids is 2. The molecule has 19 atom stereocenters. The number of aromatic hydroxyl groups is 2. The number of carboxylic acid groups (broad SMARTS) is 2. The predicted molar refractivity (Wildman–Crippen MR) is 325 cm³/mol. The summed E-state index contributed by atoms with van der Waals surface area (Å²) in [6.45, 7) is 10.8. The number of rotatable bonds is 15. The number of allylic oxidation sites excluding steroid dienone is 2. The summed E-state index contributed by atoms with van der Waals surface area (Å²) in [7, 11) is 9.03. The van der Waals surface area contributed by atoms with Crippen LogP contribution >= 0.6 is 0 Å². The first-order valence-corrected chi connectivity index (χ1v) is 30.1. The molecule has 4 heterocycles. The third kappa shape index (κ3) is 16.7. The van der Waals surface area contributed by atoms with E-state index in [9.17, 15) is 60.0 Å². The number of phenols is 2. The van der Waals surface area contributed by atoms with Crippen LogP contribution in [0.1, 0.15) is 118 Å². The molecule has 484 valence electrons. The lowest BCUT2D eigenvalue weighted by molar-refractivity contribution is -0.344. The Kier molecular flexibility index (Phi) is 24.3. The van der Waals surface area contributed by atoms with E-state index in [1.165, 1.54) is 26.2 Å². The molecule has 0 radical (unpaired) electrons. The number of cyclic esters (lactones) is 1. The molecular weight excluding hydrogens is 1140 g/mol. The predicted octanol–water partition coefficient (Wildman–Crippen LogP) is 6.72. The van der Waals surface area contributed by atoms with Crippen molar-refractivity contribution in [2.24, 2.45) is 11.8 Å². The number of aldehydes is 1. The Hall–Kier alpha value is -5.96. The van der Waals surface area contributed by atoms with Gasteiger partial charge in [-0.25, -0.2) is 9.59 Å². The highest BCUT2D eigenvalue weighted by atomic mass is 16.7. The van der Waals surface area contributed by atoms with E-state index in [0.717, 1.165) is 12.7 Å². The lowest BCUT2D eigenvalue weighted by Crippen LogP contribution is -2.65. The van der Waals surface area contributed by atoms with E-state index < -0.39 is 133 Å². The van der Waals surface area contributed by atoms with E-state index in [4.69, 9.17) is 37.9 Å². The number of carbonyl (C=O) groups is 4. The molecule has 22 nitrogen and oxygen atoms in total. The highest BCUT2D eigenvalue weighted by Gasteiger charge is 2.52. The average Bonchev–Trinajstić information content (AvgIpc) is 2.19. The summed E-state index contributed by atoms with van der Waals surface area (Å²) in [5.41, 5.74) is -1.36. The van der Waals surface area contributed by atoms with Crippen LogP contribution in [0.3, 0.4) is 0 Å². The van der Waals surface area contributed by atoms with Crippen molar-refractivity contribution >= 4 is 45.7 Å². The summed E-state index contributed by atoms with van der Waals surface area (Å²) in [6.07, 6.45) is -1.60. The van der Waals surface area contributed by atoms with Crippen molar-refractivity contribution in [2.75, 3.05) is 35.3 Å². The van der Waals surface area contributed by atoms with Crippen LogP contribution in [0, 0.1) is 11.8 Å². The summed E-state index contributed by atoms with van der Waals surface area (Å²) >= 11 is 0.